The van der Waals surface area contributed by atoms with Crippen molar-refractivity contribution in [1.29, 1.82) is 0 Å². The van der Waals surface area contributed by atoms with Crippen molar-refractivity contribution in [2.45, 2.75) is 18.8 Å². The number of amidine groups is 1. The SMILES string of the molecule is CC1=NC(N)(c2ccc3c(c2)OCO3)C(N)=C(c2ccc(C(F)(F)F)cc2F)N1. The summed E-state index contributed by atoms with van der Waals surface area (Å²) in [4.78, 5) is 4.35. The molecule has 0 fully saturated rings. The molecule has 0 aliphatic carbocycles. The third-order valence-electron chi connectivity index (χ3n) is 4.71. The van der Waals surface area contributed by atoms with Gasteiger partial charge in [0.2, 0.25) is 6.79 Å². The highest BCUT2D eigenvalue weighted by Gasteiger charge is 2.38. The molecular weight excluding hydrogens is 392 g/mol. The van der Waals surface area contributed by atoms with Crippen LogP contribution in [0.15, 0.2) is 47.1 Å². The molecule has 1 atom stereocenters. The minimum atomic E-state index is -4.67. The van der Waals surface area contributed by atoms with Crippen molar-refractivity contribution >= 4 is 11.5 Å². The molecule has 2 heterocycles. The van der Waals surface area contributed by atoms with E-state index < -0.39 is 23.2 Å². The van der Waals surface area contributed by atoms with Gasteiger partial charge < -0.3 is 20.5 Å². The minimum absolute atomic E-state index is 0.0453. The van der Waals surface area contributed by atoms with Crippen LogP contribution in [0.5, 0.6) is 11.5 Å². The zero-order chi connectivity index (χ0) is 21.0. The average molecular weight is 408 g/mol. The van der Waals surface area contributed by atoms with Crippen LogP contribution in [0.25, 0.3) is 5.70 Å². The summed E-state index contributed by atoms with van der Waals surface area (Å²) in [5, 5.41) is 2.81. The van der Waals surface area contributed by atoms with E-state index in [9.17, 15) is 17.6 Å². The number of hydrogen-bond donors (Lipinski definition) is 3. The predicted octanol–water partition coefficient (Wildman–Crippen LogP) is 3.03. The molecule has 0 aromatic heterocycles. The first kappa shape index (κ1) is 19.1. The van der Waals surface area contributed by atoms with Gasteiger partial charge in [0.1, 0.15) is 11.7 Å². The molecule has 0 spiro atoms. The van der Waals surface area contributed by atoms with Crippen LogP contribution in [-0.4, -0.2) is 12.6 Å². The molecule has 2 aliphatic rings. The van der Waals surface area contributed by atoms with Crippen molar-refractivity contribution in [2.75, 3.05) is 6.79 Å². The van der Waals surface area contributed by atoms with Crippen LogP contribution in [0.3, 0.4) is 0 Å². The molecule has 2 aliphatic heterocycles. The number of ether oxygens (including phenoxy) is 2. The molecule has 152 valence electrons. The van der Waals surface area contributed by atoms with Gasteiger partial charge in [-0.2, -0.15) is 13.2 Å². The van der Waals surface area contributed by atoms with E-state index in [-0.39, 0.29) is 23.8 Å². The third-order valence-corrected chi connectivity index (χ3v) is 4.71. The molecule has 0 radical (unpaired) electrons. The molecule has 2 aromatic carbocycles. The summed E-state index contributed by atoms with van der Waals surface area (Å²) < 4.78 is 63.7. The van der Waals surface area contributed by atoms with Gasteiger partial charge in [0.05, 0.1) is 17.0 Å². The van der Waals surface area contributed by atoms with E-state index in [1.54, 1.807) is 25.1 Å². The van der Waals surface area contributed by atoms with Crippen molar-refractivity contribution < 1.29 is 27.0 Å². The number of nitrogens with one attached hydrogen (secondary N) is 1. The van der Waals surface area contributed by atoms with Crippen LogP contribution in [0.2, 0.25) is 0 Å². The van der Waals surface area contributed by atoms with Gasteiger partial charge in [0.15, 0.2) is 17.2 Å². The first-order valence-electron chi connectivity index (χ1n) is 8.49. The van der Waals surface area contributed by atoms with Crippen molar-refractivity contribution in [2.24, 2.45) is 16.5 Å². The number of aliphatic imine (C=N–C) groups is 1. The lowest BCUT2D eigenvalue weighted by molar-refractivity contribution is -0.137. The van der Waals surface area contributed by atoms with Crippen LogP contribution < -0.4 is 26.3 Å². The van der Waals surface area contributed by atoms with Gasteiger partial charge >= 0.3 is 6.18 Å². The van der Waals surface area contributed by atoms with E-state index in [1.807, 2.05) is 0 Å². The number of fused-ring (bicyclic) bond motifs is 1. The second-order valence-corrected chi connectivity index (χ2v) is 6.64. The molecule has 0 bridgehead atoms. The Morgan fingerprint density at radius 3 is 2.52 bits per heavy atom. The maximum atomic E-state index is 14.6. The highest BCUT2D eigenvalue weighted by Crippen LogP contribution is 2.40. The summed E-state index contributed by atoms with van der Waals surface area (Å²) >= 11 is 0. The van der Waals surface area contributed by atoms with Gasteiger partial charge in [0, 0.05) is 11.1 Å². The number of nitrogens with two attached hydrogens (primary N) is 2. The summed E-state index contributed by atoms with van der Waals surface area (Å²) in [5.74, 6) is 0.207. The zero-order valence-electron chi connectivity index (χ0n) is 15.1. The molecular formula is C19H16F4N4O2. The topological polar surface area (TPSA) is 94.9 Å². The molecule has 0 saturated carbocycles. The Bertz CT molecular complexity index is 1060. The van der Waals surface area contributed by atoms with Crippen LogP contribution in [0, 0.1) is 5.82 Å². The Labute approximate surface area is 162 Å². The highest BCUT2D eigenvalue weighted by molar-refractivity contribution is 5.93. The fourth-order valence-electron chi connectivity index (χ4n) is 3.25. The van der Waals surface area contributed by atoms with Gasteiger partial charge in [-0.3, -0.25) is 5.73 Å². The molecule has 0 saturated heterocycles. The van der Waals surface area contributed by atoms with E-state index >= 15 is 0 Å². The summed E-state index contributed by atoms with van der Waals surface area (Å²) in [6.07, 6.45) is -4.67. The molecule has 0 amide bonds. The quantitative estimate of drug-likeness (QED) is 0.664. The fourth-order valence-corrected chi connectivity index (χ4v) is 3.25. The van der Waals surface area contributed by atoms with Crippen LogP contribution in [0.4, 0.5) is 17.6 Å². The average Bonchev–Trinajstić information content (AvgIpc) is 3.12. The predicted molar refractivity (Wildman–Crippen MR) is 97.2 cm³/mol. The molecule has 10 heteroatoms. The largest absolute Gasteiger partial charge is 0.454 e. The number of benzene rings is 2. The highest BCUT2D eigenvalue weighted by atomic mass is 19.4. The second-order valence-electron chi connectivity index (χ2n) is 6.64. The number of rotatable bonds is 2. The van der Waals surface area contributed by atoms with E-state index in [0.717, 1.165) is 12.1 Å². The normalized spacial score (nSPS) is 21.1. The number of alkyl halides is 3. The molecule has 2 aromatic rings. The van der Waals surface area contributed by atoms with Crippen molar-refractivity contribution in [1.82, 2.24) is 5.32 Å². The Hall–Kier alpha value is -3.27. The Morgan fingerprint density at radius 1 is 1.10 bits per heavy atom. The van der Waals surface area contributed by atoms with Crippen molar-refractivity contribution in [3.8, 4) is 11.5 Å². The summed E-state index contributed by atoms with van der Waals surface area (Å²) in [6.45, 7) is 1.65. The van der Waals surface area contributed by atoms with Crippen molar-refractivity contribution in [3.05, 3.63) is 64.6 Å². The monoisotopic (exact) mass is 408 g/mol. The van der Waals surface area contributed by atoms with E-state index in [2.05, 4.69) is 10.3 Å². The molecule has 6 nitrogen and oxygen atoms in total. The van der Waals surface area contributed by atoms with Crippen LogP contribution >= 0.6 is 0 Å². The van der Waals surface area contributed by atoms with Crippen molar-refractivity contribution in [3.63, 3.8) is 0 Å². The first-order chi connectivity index (χ1) is 13.6. The van der Waals surface area contributed by atoms with E-state index in [4.69, 9.17) is 20.9 Å². The second kappa shape index (κ2) is 6.38. The Morgan fingerprint density at radius 2 is 1.83 bits per heavy atom. The standard InChI is InChI=1S/C19H16F4N4O2/c1-9-26-16(12-4-2-11(6-13(12)20)19(21,22)23)17(24)18(25,27-9)10-3-5-14-15(7-10)29-8-28-14/h2-7H,8,24-25H2,1H3,(H,26,27). The zero-order valence-corrected chi connectivity index (χ0v) is 15.1. The lowest BCUT2D eigenvalue weighted by Gasteiger charge is -2.33. The minimum Gasteiger partial charge on any atom is -0.454 e. The maximum absolute atomic E-state index is 14.6. The lowest BCUT2D eigenvalue weighted by atomic mass is 9.92. The third kappa shape index (κ3) is 3.15. The van der Waals surface area contributed by atoms with E-state index in [1.165, 1.54) is 0 Å². The van der Waals surface area contributed by atoms with Crippen LogP contribution in [0.1, 0.15) is 23.6 Å². The van der Waals surface area contributed by atoms with E-state index in [0.29, 0.717) is 29.0 Å². The van der Waals surface area contributed by atoms with Gasteiger partial charge in [-0.05, 0) is 37.3 Å². The first-order valence-corrected chi connectivity index (χ1v) is 8.49. The number of halogens is 4. The summed E-state index contributed by atoms with van der Waals surface area (Å²) in [7, 11) is 0. The van der Waals surface area contributed by atoms with Gasteiger partial charge in [-0.1, -0.05) is 6.07 Å². The van der Waals surface area contributed by atoms with Crippen LogP contribution in [-0.2, 0) is 11.8 Å². The summed E-state index contributed by atoms with van der Waals surface area (Å²) in [5.41, 5.74) is 10.3. The Balaban J connectivity index is 1.82. The fraction of sp³-hybridized carbons (Fsp3) is 0.211. The molecule has 5 N–H and O–H groups in total. The maximum Gasteiger partial charge on any atom is 0.416 e. The number of nitrogens with zero attached hydrogens (tertiary/aromatic N) is 1. The molecule has 1 unspecified atom stereocenters. The van der Waals surface area contributed by atoms with Gasteiger partial charge in [-0.25, -0.2) is 9.38 Å². The molecule has 29 heavy (non-hydrogen) atoms. The molecule has 4 rings (SSSR count). The summed E-state index contributed by atoms with van der Waals surface area (Å²) in [6, 6.07) is 7.09. The Kier molecular flexibility index (Phi) is 4.19. The lowest BCUT2D eigenvalue weighted by Crippen LogP contribution is -2.47. The van der Waals surface area contributed by atoms with Gasteiger partial charge in [-0.15, -0.1) is 0 Å². The van der Waals surface area contributed by atoms with Gasteiger partial charge in [0.25, 0.3) is 0 Å². The smallest absolute Gasteiger partial charge is 0.416 e. The number of hydrogen-bond acceptors (Lipinski definition) is 6.